The Balaban J connectivity index is 2.37. The molecule has 1 aromatic heterocycles. The molecule has 0 amide bonds. The molecule has 0 radical (unpaired) electrons. The molecule has 9 nitrogen and oxygen atoms in total. The van der Waals surface area contributed by atoms with Gasteiger partial charge >= 0.3 is 5.69 Å². The Bertz CT molecular complexity index is 521. The normalized spacial score (nSPS) is 34.1. The summed E-state index contributed by atoms with van der Waals surface area (Å²) in [5.74, 6) is 0.0404. The second-order valence-corrected chi connectivity index (χ2v) is 4.47. The van der Waals surface area contributed by atoms with Gasteiger partial charge < -0.3 is 30.5 Å². The van der Waals surface area contributed by atoms with E-state index in [4.69, 9.17) is 15.2 Å². The van der Waals surface area contributed by atoms with Crippen molar-refractivity contribution in [1.29, 1.82) is 0 Å². The molecular formula is C11H17N3O6. The topological polar surface area (TPSA) is 140 Å². The van der Waals surface area contributed by atoms with E-state index in [1.54, 1.807) is 0 Å². The van der Waals surface area contributed by atoms with Crippen molar-refractivity contribution in [2.24, 2.45) is 0 Å². The van der Waals surface area contributed by atoms with Crippen molar-refractivity contribution in [3.63, 3.8) is 0 Å². The average molecular weight is 287 g/mol. The molecule has 0 saturated carbocycles. The summed E-state index contributed by atoms with van der Waals surface area (Å²) < 4.78 is 11.4. The van der Waals surface area contributed by atoms with Crippen molar-refractivity contribution in [2.45, 2.75) is 30.6 Å². The maximum Gasteiger partial charge on any atom is 0.351 e. The van der Waals surface area contributed by atoms with E-state index < -0.39 is 42.9 Å². The fourth-order valence-electron chi connectivity index (χ4n) is 2.20. The summed E-state index contributed by atoms with van der Waals surface area (Å²) in [6.45, 7) is -0.485. The number of anilines is 1. The first-order valence-corrected chi connectivity index (χ1v) is 5.99. The highest BCUT2D eigenvalue weighted by Gasteiger charge is 2.45. The van der Waals surface area contributed by atoms with Crippen LogP contribution in [0.4, 0.5) is 5.82 Å². The molecule has 112 valence electrons. The predicted octanol–water partition coefficient (Wildman–Crippen LogP) is -2.55. The molecule has 0 spiro atoms. The van der Waals surface area contributed by atoms with Crippen LogP contribution in [0.3, 0.4) is 0 Å². The average Bonchev–Trinajstić information content (AvgIpc) is 2.41. The van der Waals surface area contributed by atoms with Crippen LogP contribution in [0.25, 0.3) is 0 Å². The van der Waals surface area contributed by atoms with Gasteiger partial charge in [-0.15, -0.1) is 0 Å². The van der Waals surface area contributed by atoms with Gasteiger partial charge in [-0.05, 0) is 6.07 Å². The molecule has 0 bridgehead atoms. The molecule has 20 heavy (non-hydrogen) atoms. The fraction of sp³-hybridized carbons (Fsp3) is 0.636. The van der Waals surface area contributed by atoms with E-state index in [0.717, 1.165) is 4.57 Å². The Kier molecular flexibility index (Phi) is 4.35. The second-order valence-electron chi connectivity index (χ2n) is 4.47. The highest BCUT2D eigenvalue weighted by molar-refractivity contribution is 5.23. The zero-order valence-corrected chi connectivity index (χ0v) is 10.8. The highest BCUT2D eigenvalue weighted by atomic mass is 16.6. The number of hydrogen-bond acceptors (Lipinski definition) is 8. The summed E-state index contributed by atoms with van der Waals surface area (Å²) in [6.07, 6.45) is -4.33. The third-order valence-electron chi connectivity index (χ3n) is 3.24. The van der Waals surface area contributed by atoms with E-state index in [-0.39, 0.29) is 5.82 Å². The summed E-state index contributed by atoms with van der Waals surface area (Å²) in [4.78, 5) is 15.3. The van der Waals surface area contributed by atoms with Crippen molar-refractivity contribution >= 4 is 5.82 Å². The Morgan fingerprint density at radius 1 is 1.50 bits per heavy atom. The SMILES string of the molecule is CO[C@@H]1[C@@H](O)[C@H](n2ccc(N)nc2=O)O[C@H](CO)[C@H]1O. The number of aliphatic hydroxyl groups excluding tert-OH is 3. The molecule has 1 fully saturated rings. The monoisotopic (exact) mass is 287 g/mol. The lowest BCUT2D eigenvalue weighted by atomic mass is 9.98. The number of nitrogen functional groups attached to an aromatic ring is 1. The van der Waals surface area contributed by atoms with Crippen molar-refractivity contribution in [3.8, 4) is 0 Å². The number of nitrogens with two attached hydrogens (primary N) is 1. The van der Waals surface area contributed by atoms with Crippen molar-refractivity contribution in [3.05, 3.63) is 22.7 Å². The Hall–Kier alpha value is -1.52. The largest absolute Gasteiger partial charge is 0.394 e. The minimum Gasteiger partial charge on any atom is -0.394 e. The highest BCUT2D eigenvalue weighted by Crippen LogP contribution is 2.28. The number of methoxy groups -OCH3 is 1. The van der Waals surface area contributed by atoms with Gasteiger partial charge in [0.1, 0.15) is 30.2 Å². The van der Waals surface area contributed by atoms with E-state index >= 15 is 0 Å². The smallest absolute Gasteiger partial charge is 0.351 e. The number of rotatable bonds is 3. The van der Waals surface area contributed by atoms with Gasteiger partial charge in [0.05, 0.1) is 6.61 Å². The third-order valence-corrected chi connectivity index (χ3v) is 3.24. The minimum absolute atomic E-state index is 0.0404. The number of aliphatic hydroxyl groups is 3. The quantitative estimate of drug-likeness (QED) is 0.476. The first-order chi connectivity index (χ1) is 9.49. The van der Waals surface area contributed by atoms with E-state index in [2.05, 4.69) is 4.98 Å². The Morgan fingerprint density at radius 3 is 2.75 bits per heavy atom. The van der Waals surface area contributed by atoms with Crippen LogP contribution in [0.5, 0.6) is 0 Å². The molecule has 2 heterocycles. The van der Waals surface area contributed by atoms with Crippen molar-refractivity contribution in [2.75, 3.05) is 19.5 Å². The first-order valence-electron chi connectivity index (χ1n) is 5.99. The van der Waals surface area contributed by atoms with Crippen LogP contribution in [0, 0.1) is 0 Å². The van der Waals surface area contributed by atoms with Gasteiger partial charge in [0.25, 0.3) is 0 Å². The Labute approximate surface area is 114 Å². The molecule has 2 rings (SSSR count). The summed E-state index contributed by atoms with van der Waals surface area (Å²) in [5.41, 5.74) is 4.68. The van der Waals surface area contributed by atoms with Crippen LogP contribution in [0.1, 0.15) is 6.23 Å². The molecule has 5 N–H and O–H groups in total. The molecule has 0 unspecified atom stereocenters. The molecule has 0 aromatic carbocycles. The molecule has 1 saturated heterocycles. The zero-order chi connectivity index (χ0) is 14.9. The number of nitrogens with zero attached hydrogens (tertiary/aromatic N) is 2. The van der Waals surface area contributed by atoms with E-state index in [1.807, 2.05) is 0 Å². The van der Waals surface area contributed by atoms with Gasteiger partial charge in [-0.3, -0.25) is 4.57 Å². The van der Waals surface area contributed by atoms with Gasteiger partial charge in [-0.1, -0.05) is 0 Å². The summed E-state index contributed by atoms with van der Waals surface area (Å²) in [7, 11) is 1.30. The molecule has 1 aliphatic heterocycles. The predicted molar refractivity (Wildman–Crippen MR) is 66.7 cm³/mol. The van der Waals surface area contributed by atoms with E-state index in [1.165, 1.54) is 19.4 Å². The summed E-state index contributed by atoms with van der Waals surface area (Å²) >= 11 is 0. The van der Waals surface area contributed by atoms with Gasteiger partial charge in [0.15, 0.2) is 6.23 Å². The summed E-state index contributed by atoms with van der Waals surface area (Å²) in [5, 5.41) is 29.2. The van der Waals surface area contributed by atoms with Crippen molar-refractivity contribution < 1.29 is 24.8 Å². The van der Waals surface area contributed by atoms with Crippen LogP contribution < -0.4 is 11.4 Å². The lowest BCUT2D eigenvalue weighted by molar-refractivity contribution is -0.257. The lowest BCUT2D eigenvalue weighted by Gasteiger charge is -2.41. The standard InChI is InChI=1S/C11H17N3O6/c1-19-9-7(16)5(4-15)20-10(8(9)17)14-3-2-6(12)13-11(14)18/h2-3,5,7-10,15-17H,4H2,1H3,(H2,12,13,18)/t5-,7-,8-,9+,10-/m1/s1. The number of aromatic nitrogens is 2. The molecule has 5 atom stereocenters. The van der Waals surface area contributed by atoms with Gasteiger partial charge in [-0.2, -0.15) is 4.98 Å². The fourth-order valence-corrected chi connectivity index (χ4v) is 2.20. The maximum atomic E-state index is 11.8. The van der Waals surface area contributed by atoms with E-state index in [0.29, 0.717) is 0 Å². The van der Waals surface area contributed by atoms with Gasteiger partial charge in [-0.25, -0.2) is 4.79 Å². The van der Waals surface area contributed by atoms with Crippen LogP contribution in [0.15, 0.2) is 17.1 Å². The van der Waals surface area contributed by atoms with Crippen molar-refractivity contribution in [1.82, 2.24) is 9.55 Å². The number of ether oxygens (including phenoxy) is 2. The maximum absolute atomic E-state index is 11.8. The Morgan fingerprint density at radius 2 is 2.20 bits per heavy atom. The number of hydrogen-bond donors (Lipinski definition) is 4. The summed E-state index contributed by atoms with van der Waals surface area (Å²) in [6, 6.07) is 1.37. The first kappa shape index (κ1) is 14.9. The van der Waals surface area contributed by atoms with Gasteiger partial charge in [0.2, 0.25) is 0 Å². The second kappa shape index (κ2) is 5.85. The zero-order valence-electron chi connectivity index (χ0n) is 10.8. The lowest BCUT2D eigenvalue weighted by Crippen LogP contribution is -2.58. The molecule has 1 aromatic rings. The minimum atomic E-state index is -1.30. The third kappa shape index (κ3) is 2.53. The van der Waals surface area contributed by atoms with Crippen LogP contribution >= 0.6 is 0 Å². The van der Waals surface area contributed by atoms with Crippen LogP contribution in [-0.2, 0) is 9.47 Å². The molecular weight excluding hydrogens is 270 g/mol. The molecule has 9 heteroatoms. The molecule has 0 aliphatic carbocycles. The van der Waals surface area contributed by atoms with Crippen LogP contribution in [0.2, 0.25) is 0 Å². The molecule has 1 aliphatic rings. The van der Waals surface area contributed by atoms with Gasteiger partial charge in [0, 0.05) is 13.3 Å². The van der Waals surface area contributed by atoms with E-state index in [9.17, 15) is 20.1 Å². The van der Waals surface area contributed by atoms with Crippen LogP contribution in [-0.4, -0.2) is 63.0 Å².